The first-order valence-corrected chi connectivity index (χ1v) is 4.59. The van der Waals surface area contributed by atoms with Crippen molar-refractivity contribution in [3.63, 3.8) is 0 Å². The van der Waals surface area contributed by atoms with Crippen molar-refractivity contribution < 1.29 is 0 Å². The molecule has 72 valence electrons. The van der Waals surface area contributed by atoms with Gasteiger partial charge >= 0.3 is 0 Å². The lowest BCUT2D eigenvalue weighted by atomic mass is 10.2. The number of hydrogen-bond donors (Lipinski definition) is 1. The molecule has 0 aliphatic carbocycles. The van der Waals surface area contributed by atoms with Gasteiger partial charge < -0.3 is 10.2 Å². The molecule has 2 heteroatoms. The second kappa shape index (κ2) is 6.21. The Labute approximate surface area is 76.6 Å². The molecule has 1 N–H and O–H groups in total. The summed E-state index contributed by atoms with van der Waals surface area (Å²) in [6, 6.07) is 0.988. The van der Waals surface area contributed by atoms with Gasteiger partial charge in [-0.05, 0) is 40.9 Å². The first-order valence-electron chi connectivity index (χ1n) is 4.59. The molecule has 0 aromatic carbocycles. The van der Waals surface area contributed by atoms with Crippen LogP contribution in [0.1, 0.15) is 20.3 Å². The molecule has 0 heterocycles. The van der Waals surface area contributed by atoms with Gasteiger partial charge in [0.25, 0.3) is 0 Å². The van der Waals surface area contributed by atoms with E-state index >= 15 is 0 Å². The van der Waals surface area contributed by atoms with Crippen LogP contribution in [-0.2, 0) is 0 Å². The standard InChI is InChI=1S/C10H22N2/c1-6-9(2)11-10(3)7-8-12(4)5/h6,9-11H,1,7-8H2,2-5H3. The molecule has 0 fully saturated rings. The average molecular weight is 170 g/mol. The van der Waals surface area contributed by atoms with Gasteiger partial charge in [-0.15, -0.1) is 6.58 Å². The molecule has 0 aromatic heterocycles. The Bertz CT molecular complexity index is 121. The summed E-state index contributed by atoms with van der Waals surface area (Å²) in [4.78, 5) is 2.21. The van der Waals surface area contributed by atoms with Gasteiger partial charge in [-0.2, -0.15) is 0 Å². The van der Waals surface area contributed by atoms with E-state index in [0.717, 1.165) is 6.54 Å². The van der Waals surface area contributed by atoms with Gasteiger partial charge in [0, 0.05) is 12.1 Å². The molecule has 0 spiro atoms. The van der Waals surface area contributed by atoms with Crippen LogP contribution in [0.5, 0.6) is 0 Å². The van der Waals surface area contributed by atoms with Crippen LogP contribution in [0.4, 0.5) is 0 Å². The molecule has 12 heavy (non-hydrogen) atoms. The second-order valence-corrected chi connectivity index (χ2v) is 3.68. The first-order chi connectivity index (χ1) is 5.56. The quantitative estimate of drug-likeness (QED) is 0.608. The van der Waals surface area contributed by atoms with Crippen molar-refractivity contribution in [2.45, 2.75) is 32.4 Å². The number of nitrogens with zero attached hydrogens (tertiary/aromatic N) is 1. The Morgan fingerprint density at radius 2 is 2.00 bits per heavy atom. The van der Waals surface area contributed by atoms with Gasteiger partial charge in [-0.25, -0.2) is 0 Å². The van der Waals surface area contributed by atoms with Crippen molar-refractivity contribution in [2.75, 3.05) is 20.6 Å². The van der Waals surface area contributed by atoms with E-state index in [9.17, 15) is 0 Å². The Balaban J connectivity index is 3.45. The van der Waals surface area contributed by atoms with E-state index < -0.39 is 0 Å². The van der Waals surface area contributed by atoms with Crippen LogP contribution in [0.15, 0.2) is 12.7 Å². The van der Waals surface area contributed by atoms with Crippen molar-refractivity contribution in [2.24, 2.45) is 0 Å². The molecule has 0 aliphatic rings. The van der Waals surface area contributed by atoms with Gasteiger partial charge in [-0.3, -0.25) is 0 Å². The number of hydrogen-bond acceptors (Lipinski definition) is 2. The van der Waals surface area contributed by atoms with Gasteiger partial charge in [0.1, 0.15) is 0 Å². The fourth-order valence-corrected chi connectivity index (χ4v) is 1.05. The molecule has 0 bridgehead atoms. The largest absolute Gasteiger partial charge is 0.309 e. The predicted octanol–water partition coefficient (Wildman–Crippen LogP) is 1.49. The average Bonchev–Trinajstić information content (AvgIpc) is 2.00. The van der Waals surface area contributed by atoms with Crippen LogP contribution in [0.25, 0.3) is 0 Å². The van der Waals surface area contributed by atoms with E-state index in [1.807, 2.05) is 6.08 Å². The monoisotopic (exact) mass is 170 g/mol. The van der Waals surface area contributed by atoms with E-state index in [1.165, 1.54) is 6.42 Å². The van der Waals surface area contributed by atoms with E-state index in [4.69, 9.17) is 0 Å². The van der Waals surface area contributed by atoms with Crippen molar-refractivity contribution >= 4 is 0 Å². The van der Waals surface area contributed by atoms with Crippen molar-refractivity contribution in [1.29, 1.82) is 0 Å². The maximum Gasteiger partial charge on any atom is 0.0221 e. The third-order valence-corrected chi connectivity index (χ3v) is 1.91. The maximum atomic E-state index is 3.74. The molecule has 2 unspecified atom stereocenters. The summed E-state index contributed by atoms with van der Waals surface area (Å²) >= 11 is 0. The molecule has 0 saturated heterocycles. The highest BCUT2D eigenvalue weighted by molar-refractivity contribution is 4.83. The fraction of sp³-hybridized carbons (Fsp3) is 0.800. The molecule has 0 saturated carbocycles. The molecule has 0 radical (unpaired) electrons. The van der Waals surface area contributed by atoms with Crippen LogP contribution in [0.3, 0.4) is 0 Å². The van der Waals surface area contributed by atoms with Crippen molar-refractivity contribution in [1.82, 2.24) is 10.2 Å². The normalized spacial score (nSPS) is 16.1. The summed E-state index contributed by atoms with van der Waals surface area (Å²) in [6.07, 6.45) is 3.12. The smallest absolute Gasteiger partial charge is 0.0221 e. The SMILES string of the molecule is C=CC(C)NC(C)CCN(C)C. The van der Waals surface area contributed by atoms with Crippen molar-refractivity contribution in [3.05, 3.63) is 12.7 Å². The highest BCUT2D eigenvalue weighted by Gasteiger charge is 2.03. The summed E-state index contributed by atoms with van der Waals surface area (Å²) in [5, 5.41) is 3.44. The number of rotatable bonds is 6. The Kier molecular flexibility index (Phi) is 6.03. The van der Waals surface area contributed by atoms with Crippen LogP contribution in [-0.4, -0.2) is 37.6 Å². The molecule has 0 aromatic rings. The molecule has 2 nitrogen and oxygen atoms in total. The minimum absolute atomic E-state index is 0.419. The minimum Gasteiger partial charge on any atom is -0.309 e. The van der Waals surface area contributed by atoms with E-state index in [-0.39, 0.29) is 0 Å². The van der Waals surface area contributed by atoms with Crippen LogP contribution >= 0.6 is 0 Å². The third kappa shape index (κ3) is 6.38. The van der Waals surface area contributed by atoms with Crippen LogP contribution in [0, 0.1) is 0 Å². The lowest BCUT2D eigenvalue weighted by molar-refractivity contribution is 0.361. The van der Waals surface area contributed by atoms with E-state index in [0.29, 0.717) is 12.1 Å². The van der Waals surface area contributed by atoms with Crippen LogP contribution in [0.2, 0.25) is 0 Å². The minimum atomic E-state index is 0.419. The molecule has 2 atom stereocenters. The van der Waals surface area contributed by atoms with Gasteiger partial charge in [0.05, 0.1) is 0 Å². The molecule has 0 amide bonds. The summed E-state index contributed by atoms with van der Waals surface area (Å²) in [7, 11) is 4.20. The first kappa shape index (κ1) is 11.7. The fourth-order valence-electron chi connectivity index (χ4n) is 1.05. The van der Waals surface area contributed by atoms with Gasteiger partial charge in [0.15, 0.2) is 0 Å². The summed E-state index contributed by atoms with van der Waals surface area (Å²) in [5.41, 5.74) is 0. The Hall–Kier alpha value is -0.340. The number of nitrogens with one attached hydrogen (secondary N) is 1. The molecular weight excluding hydrogens is 148 g/mol. The van der Waals surface area contributed by atoms with E-state index in [1.54, 1.807) is 0 Å². The molecule has 0 aliphatic heterocycles. The van der Waals surface area contributed by atoms with Gasteiger partial charge in [-0.1, -0.05) is 6.08 Å². The zero-order chi connectivity index (χ0) is 9.56. The zero-order valence-electron chi connectivity index (χ0n) is 8.80. The zero-order valence-corrected chi connectivity index (χ0v) is 8.80. The Morgan fingerprint density at radius 1 is 1.42 bits per heavy atom. The maximum absolute atomic E-state index is 3.74. The summed E-state index contributed by atoms with van der Waals surface area (Å²) in [6.45, 7) is 9.21. The van der Waals surface area contributed by atoms with Crippen molar-refractivity contribution in [3.8, 4) is 0 Å². The molecule has 0 rings (SSSR count). The topological polar surface area (TPSA) is 15.3 Å². The van der Waals surface area contributed by atoms with E-state index in [2.05, 4.69) is 44.7 Å². The van der Waals surface area contributed by atoms with Gasteiger partial charge in [0.2, 0.25) is 0 Å². The highest BCUT2D eigenvalue weighted by atomic mass is 15.1. The summed E-state index contributed by atoms with van der Waals surface area (Å²) < 4.78 is 0. The summed E-state index contributed by atoms with van der Waals surface area (Å²) in [5.74, 6) is 0. The second-order valence-electron chi connectivity index (χ2n) is 3.68. The lowest BCUT2D eigenvalue weighted by Gasteiger charge is -2.19. The Morgan fingerprint density at radius 3 is 2.42 bits per heavy atom. The molecular formula is C10H22N2. The third-order valence-electron chi connectivity index (χ3n) is 1.91. The lowest BCUT2D eigenvalue weighted by Crippen LogP contribution is -2.35. The van der Waals surface area contributed by atoms with Crippen LogP contribution < -0.4 is 5.32 Å². The predicted molar refractivity (Wildman–Crippen MR) is 55.4 cm³/mol. The highest BCUT2D eigenvalue weighted by Crippen LogP contribution is 1.94.